The molecule has 0 fully saturated rings. The molecule has 1 atom stereocenters. The molecule has 1 aromatic rings. The molecular weight excluding hydrogens is 208 g/mol. The molecule has 1 unspecified atom stereocenters. The number of hydrogen-bond acceptors (Lipinski definition) is 6. The number of ether oxygens (including phenoxy) is 1. The first-order chi connectivity index (χ1) is 7.86. The van der Waals surface area contributed by atoms with Crippen molar-refractivity contribution >= 4 is 5.69 Å². The summed E-state index contributed by atoms with van der Waals surface area (Å²) >= 11 is 0. The Morgan fingerprint density at radius 1 is 1.38 bits per heavy atom. The molecule has 0 N–H and O–H groups in total. The molecule has 0 bridgehead atoms. The molecule has 1 aliphatic rings. The molecule has 6 nitrogen and oxygen atoms in total. The topological polar surface area (TPSA) is 76.8 Å². The molecule has 0 radical (unpaired) electrons. The van der Waals surface area contributed by atoms with Gasteiger partial charge >= 0.3 is 5.56 Å². The van der Waals surface area contributed by atoms with Crippen molar-refractivity contribution in [3.8, 4) is 0 Å². The number of allylic oxidation sites excluding steroid dienone is 2. The Kier molecular flexibility index (Phi) is 3.12. The first kappa shape index (κ1) is 10.2. The van der Waals surface area contributed by atoms with Gasteiger partial charge in [0.25, 0.3) is 0 Å². The minimum Gasteiger partial charge on any atom is -0.471 e. The van der Waals surface area contributed by atoms with Gasteiger partial charge in [-0.3, -0.25) is 4.79 Å². The molecule has 80 valence electrons. The van der Waals surface area contributed by atoms with E-state index < -0.39 is 11.8 Å². The van der Waals surface area contributed by atoms with Gasteiger partial charge in [0, 0.05) is 6.20 Å². The van der Waals surface area contributed by atoms with E-state index in [2.05, 4.69) is 20.4 Å². The highest BCUT2D eigenvalue weighted by Crippen LogP contribution is 2.08. The lowest BCUT2D eigenvalue weighted by Gasteiger charge is -2.07. The highest BCUT2D eigenvalue weighted by molar-refractivity contribution is 5.30. The molecule has 0 saturated heterocycles. The number of azo groups is 1. The summed E-state index contributed by atoms with van der Waals surface area (Å²) in [6.07, 6.45) is 7.65. The second-order valence-electron chi connectivity index (χ2n) is 2.87. The summed E-state index contributed by atoms with van der Waals surface area (Å²) in [5.41, 5.74) is -0.395. The maximum absolute atomic E-state index is 11.3. The van der Waals surface area contributed by atoms with E-state index in [-0.39, 0.29) is 5.69 Å². The third-order valence-corrected chi connectivity index (χ3v) is 1.74. The molecule has 16 heavy (non-hydrogen) atoms. The average Bonchev–Trinajstić information content (AvgIpc) is 2.53. The van der Waals surface area contributed by atoms with Crippen molar-refractivity contribution in [3.05, 3.63) is 53.2 Å². The van der Waals surface area contributed by atoms with Crippen molar-refractivity contribution in [3.63, 3.8) is 0 Å². The predicted octanol–water partition coefficient (Wildman–Crippen LogP) is 1.35. The monoisotopic (exact) mass is 216 g/mol. The molecule has 0 aliphatic carbocycles. The number of aromatic nitrogens is 2. The fourth-order valence-corrected chi connectivity index (χ4v) is 1.02. The Morgan fingerprint density at radius 3 is 3.12 bits per heavy atom. The fraction of sp³-hybridized carbons (Fsp3) is 0.100. The maximum atomic E-state index is 11.3. The van der Waals surface area contributed by atoms with Crippen molar-refractivity contribution in [2.45, 2.75) is 6.23 Å². The van der Waals surface area contributed by atoms with Crippen LogP contribution in [0.15, 0.2) is 57.8 Å². The fourth-order valence-electron chi connectivity index (χ4n) is 1.02. The van der Waals surface area contributed by atoms with Crippen LogP contribution in [0.2, 0.25) is 0 Å². The number of nitrogens with zero attached hydrogens (tertiary/aromatic N) is 4. The van der Waals surface area contributed by atoms with Crippen LogP contribution in [0, 0.1) is 0 Å². The predicted molar refractivity (Wildman–Crippen MR) is 56.0 cm³/mol. The van der Waals surface area contributed by atoms with Gasteiger partial charge in [0.1, 0.15) is 0 Å². The minimum atomic E-state index is -0.524. The minimum absolute atomic E-state index is 0.129. The molecule has 0 aromatic carbocycles. The summed E-state index contributed by atoms with van der Waals surface area (Å²) in [4.78, 5) is 11.3. The molecule has 0 spiro atoms. The number of rotatable bonds is 2. The van der Waals surface area contributed by atoms with Gasteiger partial charge in [0.05, 0.1) is 6.26 Å². The summed E-state index contributed by atoms with van der Waals surface area (Å²) in [6.45, 7) is 0. The van der Waals surface area contributed by atoms with Gasteiger partial charge in [-0.1, -0.05) is 6.08 Å². The van der Waals surface area contributed by atoms with Gasteiger partial charge in [0.2, 0.25) is 6.23 Å². The van der Waals surface area contributed by atoms with E-state index in [0.717, 1.165) is 0 Å². The van der Waals surface area contributed by atoms with Crippen LogP contribution >= 0.6 is 0 Å². The molecule has 1 aromatic heterocycles. The summed E-state index contributed by atoms with van der Waals surface area (Å²) in [5.74, 6) is 0. The molecule has 2 rings (SSSR count). The van der Waals surface area contributed by atoms with Gasteiger partial charge in [-0.25, -0.2) is 0 Å². The van der Waals surface area contributed by atoms with Crippen LogP contribution in [0.1, 0.15) is 0 Å². The summed E-state index contributed by atoms with van der Waals surface area (Å²) in [6, 6.07) is 3.06. The van der Waals surface area contributed by atoms with Gasteiger partial charge in [0.15, 0.2) is 5.69 Å². The van der Waals surface area contributed by atoms with Crippen molar-refractivity contribution in [2.24, 2.45) is 10.2 Å². The van der Waals surface area contributed by atoms with Crippen LogP contribution in [-0.4, -0.2) is 16.4 Å². The van der Waals surface area contributed by atoms with E-state index >= 15 is 0 Å². The van der Waals surface area contributed by atoms with Crippen LogP contribution < -0.4 is 5.56 Å². The first-order valence-corrected chi connectivity index (χ1v) is 4.58. The zero-order valence-corrected chi connectivity index (χ0v) is 8.22. The largest absolute Gasteiger partial charge is 0.471 e. The zero-order chi connectivity index (χ0) is 11.2. The summed E-state index contributed by atoms with van der Waals surface area (Å²) < 4.78 is 5.10. The number of hydrogen-bond donors (Lipinski definition) is 0. The van der Waals surface area contributed by atoms with Gasteiger partial charge < -0.3 is 4.74 Å². The standard InChI is InChI=1S/C10H8N4O2/c15-10-8(4-3-6-11-14-10)12-13-9-5-1-2-7-16-9/h1-7,9H. The molecule has 0 saturated carbocycles. The highest BCUT2D eigenvalue weighted by atomic mass is 16.5. The van der Waals surface area contributed by atoms with E-state index in [1.807, 2.05) is 0 Å². The van der Waals surface area contributed by atoms with Crippen LogP contribution in [0.3, 0.4) is 0 Å². The Labute approximate surface area is 91.0 Å². The van der Waals surface area contributed by atoms with E-state index in [9.17, 15) is 4.79 Å². The van der Waals surface area contributed by atoms with Crippen molar-refractivity contribution in [1.82, 2.24) is 10.2 Å². The lowest BCUT2D eigenvalue weighted by molar-refractivity contribution is 0.185. The van der Waals surface area contributed by atoms with Gasteiger partial charge in [-0.05, 0) is 24.3 Å². The lowest BCUT2D eigenvalue weighted by Crippen LogP contribution is -2.05. The molecule has 1 aliphatic heterocycles. The maximum Gasteiger partial charge on any atom is 0.315 e. The summed E-state index contributed by atoms with van der Waals surface area (Å²) in [5, 5.41) is 14.5. The van der Waals surface area contributed by atoms with Crippen molar-refractivity contribution < 1.29 is 4.74 Å². The molecule has 0 amide bonds. The van der Waals surface area contributed by atoms with Crippen molar-refractivity contribution in [2.75, 3.05) is 0 Å². The zero-order valence-electron chi connectivity index (χ0n) is 8.22. The smallest absolute Gasteiger partial charge is 0.315 e. The second-order valence-corrected chi connectivity index (χ2v) is 2.87. The SMILES string of the molecule is O=c1nncccc1N=NC1C=CC=CO1. The second kappa shape index (κ2) is 4.92. The molecular formula is C10H8N4O2. The third kappa shape index (κ3) is 2.57. The van der Waals surface area contributed by atoms with Gasteiger partial charge in [-0.15, -0.1) is 15.3 Å². The van der Waals surface area contributed by atoms with Crippen LogP contribution in [-0.2, 0) is 4.74 Å². The molecule has 2 heterocycles. The van der Waals surface area contributed by atoms with Gasteiger partial charge in [-0.2, -0.15) is 5.10 Å². The highest BCUT2D eigenvalue weighted by Gasteiger charge is 2.03. The normalized spacial score (nSPS) is 18.6. The van der Waals surface area contributed by atoms with E-state index in [4.69, 9.17) is 4.74 Å². The lowest BCUT2D eigenvalue weighted by atomic mass is 10.4. The Balaban J connectivity index is 2.18. The summed E-state index contributed by atoms with van der Waals surface area (Å²) in [7, 11) is 0. The Hall–Kier alpha value is -2.37. The van der Waals surface area contributed by atoms with Crippen LogP contribution in [0.5, 0.6) is 0 Å². The third-order valence-electron chi connectivity index (χ3n) is 1.74. The van der Waals surface area contributed by atoms with Crippen LogP contribution in [0.4, 0.5) is 5.69 Å². The Morgan fingerprint density at radius 2 is 2.31 bits per heavy atom. The first-order valence-electron chi connectivity index (χ1n) is 4.58. The Bertz CT molecular complexity index is 510. The van der Waals surface area contributed by atoms with Crippen molar-refractivity contribution in [1.29, 1.82) is 0 Å². The average molecular weight is 216 g/mol. The van der Waals surface area contributed by atoms with E-state index in [1.165, 1.54) is 18.5 Å². The van der Waals surface area contributed by atoms with E-state index in [1.54, 1.807) is 24.3 Å². The quantitative estimate of drug-likeness (QED) is 0.699. The van der Waals surface area contributed by atoms with E-state index in [0.29, 0.717) is 0 Å². The molecule has 6 heteroatoms. The van der Waals surface area contributed by atoms with Crippen LogP contribution in [0.25, 0.3) is 0 Å².